The Morgan fingerprint density at radius 2 is 2.00 bits per heavy atom. The number of carbonyl (C=O) groups excluding carboxylic acids is 1. The molecule has 2 heterocycles. The van der Waals surface area contributed by atoms with Crippen molar-refractivity contribution in [1.29, 1.82) is 0 Å². The summed E-state index contributed by atoms with van der Waals surface area (Å²) in [6.07, 6.45) is 0.651. The van der Waals surface area contributed by atoms with Gasteiger partial charge in [-0.1, -0.05) is 26.8 Å². The maximum absolute atomic E-state index is 13.6. The highest BCUT2D eigenvalue weighted by molar-refractivity contribution is 6.12. The largest absolute Gasteiger partial charge is 0.329 e. The Labute approximate surface area is 166 Å². The maximum Gasteiger partial charge on any atom is 0.329 e. The molecular weight excluding hydrogens is 375 g/mol. The molecule has 2 N–H and O–H groups in total. The van der Waals surface area contributed by atoms with Gasteiger partial charge in [0.15, 0.2) is 5.65 Å². The fraction of sp³-hybridized carbons (Fsp3) is 0.333. The van der Waals surface area contributed by atoms with Crippen LogP contribution >= 0.6 is 0 Å². The number of fused-ring (bicyclic) bond motifs is 1. The SMILES string of the molecule is CCCn1c(=O)[nH]c(=O)c2c(C(=O)Nc3cc(F)ccc3C)cc(C(C)C)nc21. The molecule has 0 aliphatic heterocycles. The number of aromatic nitrogens is 3. The van der Waals surface area contributed by atoms with Gasteiger partial charge in [-0.05, 0) is 43.0 Å². The zero-order chi connectivity index (χ0) is 21.3. The summed E-state index contributed by atoms with van der Waals surface area (Å²) in [7, 11) is 0. The van der Waals surface area contributed by atoms with Gasteiger partial charge in [0, 0.05) is 17.9 Å². The summed E-state index contributed by atoms with van der Waals surface area (Å²) in [6.45, 7) is 7.80. The predicted octanol–water partition coefficient (Wildman–Crippen LogP) is 3.32. The number of hydrogen-bond acceptors (Lipinski definition) is 4. The summed E-state index contributed by atoms with van der Waals surface area (Å²) < 4.78 is 15.0. The van der Waals surface area contributed by atoms with Gasteiger partial charge in [-0.3, -0.25) is 19.1 Å². The van der Waals surface area contributed by atoms with Crippen molar-refractivity contribution >= 4 is 22.6 Å². The third-order valence-electron chi connectivity index (χ3n) is 4.70. The van der Waals surface area contributed by atoms with Gasteiger partial charge in [-0.15, -0.1) is 0 Å². The molecule has 0 spiro atoms. The Balaban J connectivity index is 2.26. The summed E-state index contributed by atoms with van der Waals surface area (Å²) in [4.78, 5) is 44.7. The number of pyridine rings is 1. The topological polar surface area (TPSA) is 96.9 Å². The molecule has 0 radical (unpaired) electrons. The smallest absolute Gasteiger partial charge is 0.322 e. The number of benzene rings is 1. The van der Waals surface area contributed by atoms with Crippen molar-refractivity contribution in [1.82, 2.24) is 14.5 Å². The molecular formula is C21H23FN4O3. The van der Waals surface area contributed by atoms with E-state index in [1.807, 2.05) is 20.8 Å². The molecule has 1 amide bonds. The Morgan fingerprint density at radius 3 is 2.66 bits per heavy atom. The molecule has 29 heavy (non-hydrogen) atoms. The molecule has 0 bridgehead atoms. The number of carbonyl (C=O) groups is 1. The van der Waals surface area contributed by atoms with Gasteiger partial charge in [0.2, 0.25) is 0 Å². The van der Waals surface area contributed by atoms with Crippen molar-refractivity contribution < 1.29 is 9.18 Å². The van der Waals surface area contributed by atoms with Crippen LogP contribution in [0.2, 0.25) is 0 Å². The van der Waals surface area contributed by atoms with Gasteiger partial charge in [-0.2, -0.15) is 0 Å². The summed E-state index contributed by atoms with van der Waals surface area (Å²) in [5, 5.41) is 2.71. The first-order chi connectivity index (χ1) is 13.7. The van der Waals surface area contributed by atoms with E-state index in [2.05, 4.69) is 15.3 Å². The number of H-pyrrole nitrogens is 1. The van der Waals surface area contributed by atoms with Crippen molar-refractivity contribution in [3.8, 4) is 0 Å². The van der Waals surface area contributed by atoms with Crippen LogP contribution in [0.4, 0.5) is 10.1 Å². The van der Waals surface area contributed by atoms with E-state index in [9.17, 15) is 18.8 Å². The third-order valence-corrected chi connectivity index (χ3v) is 4.70. The zero-order valence-electron chi connectivity index (χ0n) is 16.8. The van der Waals surface area contributed by atoms with E-state index in [1.165, 1.54) is 16.7 Å². The molecule has 1 aromatic carbocycles. The minimum absolute atomic E-state index is 0.0358. The number of rotatable bonds is 5. The Hall–Kier alpha value is -3.29. The number of anilines is 1. The lowest BCUT2D eigenvalue weighted by atomic mass is 10.0. The van der Waals surface area contributed by atoms with Gasteiger partial charge in [0.25, 0.3) is 11.5 Å². The van der Waals surface area contributed by atoms with Crippen LogP contribution < -0.4 is 16.6 Å². The van der Waals surface area contributed by atoms with Crippen molar-refractivity contribution in [2.45, 2.75) is 46.6 Å². The van der Waals surface area contributed by atoms with E-state index in [-0.39, 0.29) is 22.5 Å². The molecule has 7 nitrogen and oxygen atoms in total. The van der Waals surface area contributed by atoms with E-state index in [1.54, 1.807) is 19.1 Å². The van der Waals surface area contributed by atoms with Crippen LogP contribution in [0.15, 0.2) is 33.9 Å². The zero-order valence-corrected chi connectivity index (χ0v) is 16.8. The second-order valence-electron chi connectivity index (χ2n) is 7.27. The molecule has 0 saturated heterocycles. The van der Waals surface area contributed by atoms with Crippen molar-refractivity contribution in [2.24, 2.45) is 0 Å². The first kappa shape index (κ1) is 20.4. The molecule has 152 valence electrons. The molecule has 0 fully saturated rings. The lowest BCUT2D eigenvalue weighted by Gasteiger charge is -2.15. The first-order valence-electron chi connectivity index (χ1n) is 9.48. The van der Waals surface area contributed by atoms with Gasteiger partial charge >= 0.3 is 5.69 Å². The monoisotopic (exact) mass is 398 g/mol. The second kappa shape index (κ2) is 7.98. The average Bonchev–Trinajstić information content (AvgIpc) is 2.66. The fourth-order valence-electron chi connectivity index (χ4n) is 3.12. The van der Waals surface area contributed by atoms with E-state index < -0.39 is 23.0 Å². The number of hydrogen-bond donors (Lipinski definition) is 2. The Kier molecular flexibility index (Phi) is 5.63. The summed E-state index contributed by atoms with van der Waals surface area (Å²) >= 11 is 0. The van der Waals surface area contributed by atoms with Crippen LogP contribution in [0.3, 0.4) is 0 Å². The number of aromatic amines is 1. The van der Waals surface area contributed by atoms with Crippen LogP contribution in [0.5, 0.6) is 0 Å². The number of nitrogens with one attached hydrogen (secondary N) is 2. The molecule has 0 aliphatic rings. The predicted molar refractivity (Wildman–Crippen MR) is 110 cm³/mol. The second-order valence-corrected chi connectivity index (χ2v) is 7.27. The highest BCUT2D eigenvalue weighted by Gasteiger charge is 2.21. The highest BCUT2D eigenvalue weighted by atomic mass is 19.1. The quantitative estimate of drug-likeness (QED) is 0.689. The van der Waals surface area contributed by atoms with Crippen LogP contribution in [-0.2, 0) is 6.54 Å². The maximum atomic E-state index is 13.6. The highest BCUT2D eigenvalue weighted by Crippen LogP contribution is 2.22. The molecule has 0 saturated carbocycles. The van der Waals surface area contributed by atoms with Crippen molar-refractivity contribution in [3.05, 3.63) is 67.7 Å². The normalized spacial score (nSPS) is 11.2. The Morgan fingerprint density at radius 1 is 1.28 bits per heavy atom. The minimum Gasteiger partial charge on any atom is -0.322 e. The van der Waals surface area contributed by atoms with Gasteiger partial charge in [-0.25, -0.2) is 14.2 Å². The van der Waals surface area contributed by atoms with Gasteiger partial charge in [0.05, 0.1) is 10.9 Å². The molecule has 0 aliphatic carbocycles. The van der Waals surface area contributed by atoms with E-state index in [4.69, 9.17) is 0 Å². The van der Waals surface area contributed by atoms with Gasteiger partial charge in [0.1, 0.15) is 5.82 Å². The average molecular weight is 398 g/mol. The number of amides is 1. The standard InChI is InChI=1S/C21H23FN4O3/c1-5-8-26-18-17(20(28)25-21(26)29)14(10-15(23-18)11(2)3)19(27)24-16-9-13(22)7-6-12(16)4/h6-7,9-11H,5,8H2,1-4H3,(H,24,27)(H,25,28,29). The number of halogens is 1. The molecule has 2 aromatic heterocycles. The lowest BCUT2D eigenvalue weighted by Crippen LogP contribution is -2.32. The molecule has 0 unspecified atom stereocenters. The summed E-state index contributed by atoms with van der Waals surface area (Å²) in [5.41, 5.74) is 0.588. The van der Waals surface area contributed by atoms with Gasteiger partial charge < -0.3 is 5.32 Å². The van der Waals surface area contributed by atoms with Crippen LogP contribution in [0, 0.1) is 12.7 Å². The molecule has 3 aromatic rings. The first-order valence-corrected chi connectivity index (χ1v) is 9.48. The number of nitrogens with zero attached hydrogens (tertiary/aromatic N) is 2. The fourth-order valence-corrected chi connectivity index (χ4v) is 3.12. The number of aryl methyl sites for hydroxylation is 2. The summed E-state index contributed by atoms with van der Waals surface area (Å²) in [6, 6.07) is 5.63. The van der Waals surface area contributed by atoms with E-state index >= 15 is 0 Å². The molecule has 3 rings (SSSR count). The molecule has 0 atom stereocenters. The summed E-state index contributed by atoms with van der Waals surface area (Å²) in [5.74, 6) is -1.09. The lowest BCUT2D eigenvalue weighted by molar-refractivity contribution is 0.102. The molecule has 8 heteroatoms. The van der Waals surface area contributed by atoms with Crippen LogP contribution in [-0.4, -0.2) is 20.4 Å². The third kappa shape index (κ3) is 3.96. The van der Waals surface area contributed by atoms with Crippen molar-refractivity contribution in [2.75, 3.05) is 5.32 Å². The van der Waals surface area contributed by atoms with E-state index in [0.717, 1.165) is 0 Å². The van der Waals surface area contributed by atoms with E-state index in [0.29, 0.717) is 29.9 Å². The van der Waals surface area contributed by atoms with Crippen LogP contribution in [0.25, 0.3) is 11.0 Å². The van der Waals surface area contributed by atoms with Crippen LogP contribution in [0.1, 0.15) is 54.7 Å². The Bertz CT molecular complexity index is 1210. The van der Waals surface area contributed by atoms with Crippen molar-refractivity contribution in [3.63, 3.8) is 0 Å². The minimum atomic E-state index is -0.679.